The third-order valence-corrected chi connectivity index (χ3v) is 4.05. The minimum atomic E-state index is -0.467. The zero-order valence-electron chi connectivity index (χ0n) is 9.07. The van der Waals surface area contributed by atoms with Gasteiger partial charge in [-0.2, -0.15) is 0 Å². The van der Waals surface area contributed by atoms with Gasteiger partial charge in [-0.3, -0.25) is 0 Å². The van der Waals surface area contributed by atoms with Crippen molar-refractivity contribution in [1.82, 2.24) is 10.3 Å². The highest BCUT2D eigenvalue weighted by molar-refractivity contribution is 7.09. The molecule has 4 heteroatoms. The van der Waals surface area contributed by atoms with Crippen LogP contribution in [-0.2, 0) is 0 Å². The predicted octanol–water partition coefficient (Wildman–Crippen LogP) is 2.10. The molecule has 0 spiro atoms. The Hall–Kier alpha value is -0.450. The van der Waals surface area contributed by atoms with Crippen molar-refractivity contribution in [2.45, 2.75) is 44.2 Å². The molecule has 1 fully saturated rings. The zero-order valence-corrected chi connectivity index (χ0v) is 9.89. The van der Waals surface area contributed by atoms with E-state index in [-0.39, 0.29) is 6.04 Å². The number of aromatic nitrogens is 1. The van der Waals surface area contributed by atoms with Gasteiger partial charge in [-0.05, 0) is 19.8 Å². The van der Waals surface area contributed by atoms with Gasteiger partial charge in [0.1, 0.15) is 5.01 Å². The molecule has 15 heavy (non-hydrogen) atoms. The van der Waals surface area contributed by atoms with Gasteiger partial charge in [0, 0.05) is 18.1 Å². The smallest absolute Gasteiger partial charge is 0.109 e. The maximum Gasteiger partial charge on any atom is 0.109 e. The van der Waals surface area contributed by atoms with Gasteiger partial charge in [0.15, 0.2) is 0 Å². The van der Waals surface area contributed by atoms with Crippen LogP contribution in [0.4, 0.5) is 0 Å². The van der Waals surface area contributed by atoms with Crippen molar-refractivity contribution in [3.05, 3.63) is 16.6 Å². The van der Waals surface area contributed by atoms with Gasteiger partial charge >= 0.3 is 0 Å². The Labute approximate surface area is 94.5 Å². The molecule has 1 aliphatic rings. The summed E-state index contributed by atoms with van der Waals surface area (Å²) >= 11 is 1.66. The van der Waals surface area contributed by atoms with E-state index in [0.717, 1.165) is 30.7 Å². The fourth-order valence-corrected chi connectivity index (χ4v) is 2.76. The summed E-state index contributed by atoms with van der Waals surface area (Å²) in [4.78, 5) is 4.26. The van der Waals surface area contributed by atoms with E-state index in [1.807, 2.05) is 11.6 Å². The number of hydrogen-bond donors (Lipinski definition) is 2. The standard InChI is InChI=1S/C11H18N2OS/c1-9(10-12-6-7-15-10)13-8-11(14)4-2-3-5-11/h6-7,9,13-14H,2-5,8H2,1H3. The fraction of sp³-hybridized carbons (Fsp3) is 0.727. The van der Waals surface area contributed by atoms with E-state index in [0.29, 0.717) is 6.54 Å². The fourth-order valence-electron chi connectivity index (χ4n) is 2.09. The monoisotopic (exact) mass is 226 g/mol. The maximum atomic E-state index is 10.2. The molecule has 2 rings (SSSR count). The summed E-state index contributed by atoms with van der Waals surface area (Å²) in [5.74, 6) is 0. The third-order valence-electron chi connectivity index (χ3n) is 3.09. The number of rotatable bonds is 4. The molecule has 84 valence electrons. The van der Waals surface area contributed by atoms with E-state index in [1.165, 1.54) is 0 Å². The van der Waals surface area contributed by atoms with Crippen LogP contribution in [0.15, 0.2) is 11.6 Å². The predicted molar refractivity (Wildman–Crippen MR) is 61.9 cm³/mol. The minimum Gasteiger partial charge on any atom is -0.389 e. The lowest BCUT2D eigenvalue weighted by Gasteiger charge is -2.24. The molecular formula is C11H18N2OS. The van der Waals surface area contributed by atoms with Crippen LogP contribution in [0.25, 0.3) is 0 Å². The molecule has 0 amide bonds. The van der Waals surface area contributed by atoms with Gasteiger partial charge in [-0.15, -0.1) is 11.3 Å². The molecule has 1 aromatic heterocycles. The summed E-state index contributed by atoms with van der Waals surface area (Å²) in [5.41, 5.74) is -0.467. The van der Waals surface area contributed by atoms with Crippen molar-refractivity contribution >= 4 is 11.3 Å². The Bertz CT molecular complexity index is 294. The third kappa shape index (κ3) is 2.77. The summed E-state index contributed by atoms with van der Waals surface area (Å²) in [6.45, 7) is 2.78. The average Bonchev–Trinajstić information content (AvgIpc) is 2.85. The maximum absolute atomic E-state index is 10.2. The van der Waals surface area contributed by atoms with Gasteiger partial charge in [0.05, 0.1) is 11.6 Å². The Morgan fingerprint density at radius 3 is 2.93 bits per heavy atom. The quantitative estimate of drug-likeness (QED) is 0.826. The molecule has 0 bridgehead atoms. The number of nitrogens with one attached hydrogen (secondary N) is 1. The molecule has 1 aliphatic carbocycles. The van der Waals surface area contributed by atoms with Crippen molar-refractivity contribution in [2.24, 2.45) is 0 Å². The molecule has 2 N–H and O–H groups in total. The highest BCUT2D eigenvalue weighted by Crippen LogP contribution is 2.29. The first-order valence-electron chi connectivity index (χ1n) is 5.55. The van der Waals surface area contributed by atoms with E-state index in [9.17, 15) is 5.11 Å². The van der Waals surface area contributed by atoms with E-state index in [2.05, 4.69) is 17.2 Å². The molecule has 1 atom stereocenters. The van der Waals surface area contributed by atoms with Crippen molar-refractivity contribution in [2.75, 3.05) is 6.54 Å². The molecular weight excluding hydrogens is 208 g/mol. The summed E-state index contributed by atoms with van der Waals surface area (Å²) in [6.07, 6.45) is 6.01. The van der Waals surface area contributed by atoms with E-state index < -0.39 is 5.60 Å². The normalized spacial score (nSPS) is 21.7. The minimum absolute atomic E-state index is 0.245. The molecule has 1 saturated carbocycles. The van der Waals surface area contributed by atoms with Crippen LogP contribution in [-0.4, -0.2) is 22.2 Å². The van der Waals surface area contributed by atoms with Gasteiger partial charge in [0.25, 0.3) is 0 Å². The highest BCUT2D eigenvalue weighted by atomic mass is 32.1. The topological polar surface area (TPSA) is 45.1 Å². The molecule has 1 heterocycles. The second-order valence-corrected chi connectivity index (χ2v) is 5.33. The molecule has 0 radical (unpaired) electrons. The number of nitrogens with zero attached hydrogens (tertiary/aromatic N) is 1. The first-order chi connectivity index (χ1) is 7.20. The lowest BCUT2D eigenvalue weighted by Crippen LogP contribution is -2.38. The van der Waals surface area contributed by atoms with E-state index in [4.69, 9.17) is 0 Å². The average molecular weight is 226 g/mol. The van der Waals surface area contributed by atoms with Gasteiger partial charge in [0.2, 0.25) is 0 Å². The number of aliphatic hydroxyl groups is 1. The molecule has 0 saturated heterocycles. The van der Waals surface area contributed by atoms with Crippen LogP contribution in [0, 0.1) is 0 Å². The SMILES string of the molecule is CC(NCC1(O)CCCC1)c1nccs1. The first kappa shape index (κ1) is 11.0. The lowest BCUT2D eigenvalue weighted by molar-refractivity contribution is 0.0453. The van der Waals surface area contributed by atoms with E-state index in [1.54, 1.807) is 11.3 Å². The molecule has 1 aromatic rings. The van der Waals surface area contributed by atoms with Gasteiger partial charge < -0.3 is 10.4 Å². The van der Waals surface area contributed by atoms with Crippen molar-refractivity contribution in [1.29, 1.82) is 0 Å². The Morgan fingerprint density at radius 2 is 2.33 bits per heavy atom. The van der Waals surface area contributed by atoms with Crippen LogP contribution in [0.1, 0.15) is 43.7 Å². The van der Waals surface area contributed by atoms with Gasteiger partial charge in [-0.1, -0.05) is 12.8 Å². The number of thiazole rings is 1. The largest absolute Gasteiger partial charge is 0.389 e. The Balaban J connectivity index is 1.83. The van der Waals surface area contributed by atoms with Crippen LogP contribution in [0.2, 0.25) is 0 Å². The summed E-state index contributed by atoms with van der Waals surface area (Å²) < 4.78 is 0. The van der Waals surface area contributed by atoms with Crippen molar-refractivity contribution in [3.8, 4) is 0 Å². The van der Waals surface area contributed by atoms with Crippen LogP contribution >= 0.6 is 11.3 Å². The highest BCUT2D eigenvalue weighted by Gasteiger charge is 2.31. The first-order valence-corrected chi connectivity index (χ1v) is 6.43. The second-order valence-electron chi connectivity index (χ2n) is 4.40. The van der Waals surface area contributed by atoms with Crippen LogP contribution in [0.3, 0.4) is 0 Å². The second kappa shape index (κ2) is 4.60. The van der Waals surface area contributed by atoms with E-state index >= 15 is 0 Å². The zero-order chi connectivity index (χ0) is 10.7. The Morgan fingerprint density at radius 1 is 1.60 bits per heavy atom. The van der Waals surface area contributed by atoms with Crippen LogP contribution in [0.5, 0.6) is 0 Å². The molecule has 3 nitrogen and oxygen atoms in total. The Kier molecular flexibility index (Phi) is 3.38. The lowest BCUT2D eigenvalue weighted by atomic mass is 10.0. The van der Waals surface area contributed by atoms with Crippen molar-refractivity contribution in [3.63, 3.8) is 0 Å². The summed E-state index contributed by atoms with van der Waals surface area (Å²) in [5, 5.41) is 16.6. The van der Waals surface area contributed by atoms with Crippen LogP contribution < -0.4 is 5.32 Å². The van der Waals surface area contributed by atoms with Gasteiger partial charge in [-0.25, -0.2) is 4.98 Å². The molecule has 0 aromatic carbocycles. The number of hydrogen-bond acceptors (Lipinski definition) is 4. The summed E-state index contributed by atoms with van der Waals surface area (Å²) in [6, 6.07) is 0.245. The molecule has 0 aliphatic heterocycles. The molecule has 1 unspecified atom stereocenters. The summed E-state index contributed by atoms with van der Waals surface area (Å²) in [7, 11) is 0. The van der Waals surface area contributed by atoms with Crippen molar-refractivity contribution < 1.29 is 5.11 Å².